The summed E-state index contributed by atoms with van der Waals surface area (Å²) in [5.74, 6) is 0.959. The molecule has 0 aliphatic carbocycles. The molecule has 1 aromatic rings. The zero-order valence-electron chi connectivity index (χ0n) is 7.83. The van der Waals surface area contributed by atoms with E-state index in [1.807, 2.05) is 0 Å². The molecular formula is C10H9ClO4. The predicted octanol–water partition coefficient (Wildman–Crippen LogP) is 1.91. The molecule has 1 aromatic carbocycles. The Kier molecular flexibility index (Phi) is 2.68. The fraction of sp³-hybridized carbons (Fsp3) is 0.300. The Morgan fingerprint density at radius 3 is 3.07 bits per heavy atom. The molecule has 0 amide bonds. The van der Waals surface area contributed by atoms with E-state index in [0.29, 0.717) is 29.9 Å². The SMILES string of the molecule is O=CCCc1c(O)c(Cl)cc2c1OCO2. The number of fused-ring (bicyclic) bond motifs is 1. The van der Waals surface area contributed by atoms with Crippen LogP contribution in [0.2, 0.25) is 5.02 Å². The van der Waals surface area contributed by atoms with Crippen molar-refractivity contribution >= 4 is 17.9 Å². The second-order valence-corrected chi connectivity index (χ2v) is 3.53. The first-order chi connectivity index (χ1) is 7.24. The first kappa shape index (κ1) is 10.1. The number of carbonyl (C=O) groups is 1. The van der Waals surface area contributed by atoms with Gasteiger partial charge in [-0.2, -0.15) is 0 Å². The van der Waals surface area contributed by atoms with E-state index < -0.39 is 0 Å². The van der Waals surface area contributed by atoms with E-state index in [4.69, 9.17) is 21.1 Å². The van der Waals surface area contributed by atoms with E-state index in [1.165, 1.54) is 6.07 Å². The van der Waals surface area contributed by atoms with Crippen molar-refractivity contribution in [2.45, 2.75) is 12.8 Å². The molecule has 0 saturated heterocycles. The Hall–Kier alpha value is -1.42. The Labute approximate surface area is 91.4 Å². The fourth-order valence-electron chi connectivity index (χ4n) is 1.50. The van der Waals surface area contributed by atoms with Crippen molar-refractivity contribution in [2.75, 3.05) is 6.79 Å². The van der Waals surface area contributed by atoms with Crippen LogP contribution in [0.15, 0.2) is 6.07 Å². The average Bonchev–Trinajstić information content (AvgIpc) is 2.66. The summed E-state index contributed by atoms with van der Waals surface area (Å²) in [5, 5.41) is 9.91. The third-order valence-corrected chi connectivity index (χ3v) is 2.49. The molecule has 5 heteroatoms. The van der Waals surface area contributed by atoms with Gasteiger partial charge in [0.2, 0.25) is 6.79 Å². The summed E-state index contributed by atoms with van der Waals surface area (Å²) in [4.78, 5) is 10.3. The maximum absolute atomic E-state index is 10.3. The summed E-state index contributed by atoms with van der Waals surface area (Å²) in [6.45, 7) is 0.114. The Bertz CT molecular complexity index is 403. The van der Waals surface area contributed by atoms with Crippen LogP contribution in [0.1, 0.15) is 12.0 Å². The lowest BCUT2D eigenvalue weighted by Gasteiger charge is -2.08. The van der Waals surface area contributed by atoms with E-state index in [9.17, 15) is 9.90 Å². The number of aldehydes is 1. The zero-order chi connectivity index (χ0) is 10.8. The number of phenols is 1. The minimum atomic E-state index is -0.0391. The number of carbonyl (C=O) groups excluding carboxylic acids is 1. The lowest BCUT2D eigenvalue weighted by molar-refractivity contribution is -0.107. The van der Waals surface area contributed by atoms with Gasteiger partial charge in [-0.1, -0.05) is 11.6 Å². The van der Waals surface area contributed by atoms with E-state index >= 15 is 0 Å². The standard InChI is InChI=1S/C10H9ClO4/c11-7-4-8-10(15-5-14-8)6(9(7)13)2-1-3-12/h3-4,13H,1-2,5H2. The molecule has 0 bridgehead atoms. The Morgan fingerprint density at radius 1 is 1.53 bits per heavy atom. The molecule has 0 spiro atoms. The lowest BCUT2D eigenvalue weighted by Crippen LogP contribution is -1.95. The highest BCUT2D eigenvalue weighted by Crippen LogP contribution is 2.45. The third kappa shape index (κ3) is 1.72. The van der Waals surface area contributed by atoms with E-state index in [0.717, 1.165) is 6.29 Å². The summed E-state index contributed by atoms with van der Waals surface area (Å²) in [7, 11) is 0. The van der Waals surface area contributed by atoms with Crippen molar-refractivity contribution in [3.63, 3.8) is 0 Å². The quantitative estimate of drug-likeness (QED) is 0.803. The normalized spacial score (nSPS) is 12.9. The number of aromatic hydroxyl groups is 1. The number of phenolic OH excluding ortho intramolecular Hbond substituents is 1. The van der Waals surface area contributed by atoms with Gasteiger partial charge < -0.3 is 19.4 Å². The fourth-order valence-corrected chi connectivity index (χ4v) is 1.72. The average molecular weight is 229 g/mol. The van der Waals surface area contributed by atoms with Crippen molar-refractivity contribution < 1.29 is 19.4 Å². The molecular weight excluding hydrogens is 220 g/mol. The van der Waals surface area contributed by atoms with Gasteiger partial charge in [0.05, 0.1) is 5.02 Å². The molecule has 80 valence electrons. The second kappa shape index (κ2) is 3.98. The molecule has 1 heterocycles. The van der Waals surface area contributed by atoms with Crippen LogP contribution in [0.4, 0.5) is 0 Å². The first-order valence-electron chi connectivity index (χ1n) is 4.47. The highest BCUT2D eigenvalue weighted by molar-refractivity contribution is 6.32. The number of ether oxygens (including phenoxy) is 2. The maximum Gasteiger partial charge on any atom is 0.231 e. The number of rotatable bonds is 3. The highest BCUT2D eigenvalue weighted by Gasteiger charge is 2.23. The summed E-state index contributed by atoms with van der Waals surface area (Å²) in [5.41, 5.74) is 0.530. The van der Waals surface area contributed by atoms with Gasteiger partial charge in [-0.25, -0.2) is 0 Å². The number of hydrogen-bond donors (Lipinski definition) is 1. The minimum absolute atomic E-state index is 0.0391. The Morgan fingerprint density at radius 2 is 2.33 bits per heavy atom. The van der Waals surface area contributed by atoms with Gasteiger partial charge in [0.25, 0.3) is 0 Å². The lowest BCUT2D eigenvalue weighted by atomic mass is 10.1. The van der Waals surface area contributed by atoms with Crippen molar-refractivity contribution in [1.29, 1.82) is 0 Å². The largest absolute Gasteiger partial charge is 0.506 e. The van der Waals surface area contributed by atoms with Crippen LogP contribution in [0.3, 0.4) is 0 Å². The molecule has 1 N–H and O–H groups in total. The number of benzene rings is 1. The zero-order valence-corrected chi connectivity index (χ0v) is 8.58. The van der Waals surface area contributed by atoms with E-state index in [-0.39, 0.29) is 17.6 Å². The van der Waals surface area contributed by atoms with Gasteiger partial charge in [0.15, 0.2) is 11.5 Å². The molecule has 1 aliphatic rings. The van der Waals surface area contributed by atoms with Crippen LogP contribution in [-0.4, -0.2) is 18.2 Å². The van der Waals surface area contributed by atoms with Gasteiger partial charge in [-0.05, 0) is 6.42 Å². The van der Waals surface area contributed by atoms with Crippen LogP contribution in [0, 0.1) is 0 Å². The first-order valence-corrected chi connectivity index (χ1v) is 4.85. The molecule has 2 rings (SSSR count). The third-order valence-electron chi connectivity index (χ3n) is 2.20. The molecule has 1 aliphatic heterocycles. The molecule has 0 radical (unpaired) electrons. The summed E-state index contributed by atoms with van der Waals surface area (Å²) >= 11 is 5.80. The van der Waals surface area contributed by atoms with Gasteiger partial charge in [-0.3, -0.25) is 0 Å². The van der Waals surface area contributed by atoms with E-state index in [2.05, 4.69) is 0 Å². The summed E-state index contributed by atoms with van der Waals surface area (Å²) < 4.78 is 10.4. The van der Waals surface area contributed by atoms with Crippen LogP contribution >= 0.6 is 11.6 Å². The van der Waals surface area contributed by atoms with Crippen LogP contribution in [0.5, 0.6) is 17.2 Å². The molecule has 0 unspecified atom stereocenters. The van der Waals surface area contributed by atoms with Crippen LogP contribution in [0.25, 0.3) is 0 Å². The van der Waals surface area contributed by atoms with Crippen molar-refractivity contribution in [3.8, 4) is 17.2 Å². The summed E-state index contributed by atoms with van der Waals surface area (Å²) in [6, 6.07) is 1.50. The molecule has 0 atom stereocenters. The molecule has 15 heavy (non-hydrogen) atoms. The van der Waals surface area contributed by atoms with Gasteiger partial charge in [0.1, 0.15) is 12.0 Å². The van der Waals surface area contributed by atoms with Gasteiger partial charge >= 0.3 is 0 Å². The number of hydrogen-bond acceptors (Lipinski definition) is 4. The molecule has 0 aromatic heterocycles. The highest BCUT2D eigenvalue weighted by atomic mass is 35.5. The van der Waals surface area contributed by atoms with Crippen molar-refractivity contribution in [3.05, 3.63) is 16.7 Å². The maximum atomic E-state index is 10.3. The van der Waals surface area contributed by atoms with Crippen LogP contribution in [-0.2, 0) is 11.2 Å². The van der Waals surface area contributed by atoms with Gasteiger partial charge in [-0.15, -0.1) is 0 Å². The molecule has 4 nitrogen and oxygen atoms in total. The van der Waals surface area contributed by atoms with Crippen molar-refractivity contribution in [1.82, 2.24) is 0 Å². The predicted molar refractivity (Wildman–Crippen MR) is 53.6 cm³/mol. The minimum Gasteiger partial charge on any atom is -0.506 e. The van der Waals surface area contributed by atoms with Gasteiger partial charge in [0, 0.05) is 18.1 Å². The van der Waals surface area contributed by atoms with E-state index in [1.54, 1.807) is 0 Å². The monoisotopic (exact) mass is 228 g/mol. The molecule has 0 fully saturated rings. The topological polar surface area (TPSA) is 55.8 Å². The molecule has 0 saturated carbocycles. The Balaban J connectivity index is 2.45. The second-order valence-electron chi connectivity index (χ2n) is 3.12. The number of halogens is 1. The van der Waals surface area contributed by atoms with Crippen molar-refractivity contribution in [2.24, 2.45) is 0 Å². The smallest absolute Gasteiger partial charge is 0.231 e. The summed E-state index contributed by atoms with van der Waals surface area (Å²) in [6.07, 6.45) is 1.48. The van der Waals surface area contributed by atoms with Crippen LogP contribution < -0.4 is 9.47 Å².